The van der Waals surface area contributed by atoms with Crippen molar-refractivity contribution in [1.29, 1.82) is 0 Å². The second-order valence-corrected chi connectivity index (χ2v) is 7.24. The number of hydrogen-bond acceptors (Lipinski definition) is 2. The zero-order valence-corrected chi connectivity index (χ0v) is 13.8. The van der Waals surface area contributed by atoms with Crippen LogP contribution < -0.4 is 5.73 Å². The van der Waals surface area contributed by atoms with Crippen molar-refractivity contribution < 1.29 is 4.79 Å². The first-order valence-corrected chi connectivity index (χ1v) is 8.67. The van der Waals surface area contributed by atoms with Crippen LogP contribution in [0.15, 0.2) is 18.2 Å². The summed E-state index contributed by atoms with van der Waals surface area (Å²) in [4.78, 5) is 15.1. The molecule has 1 aromatic rings. The first-order valence-electron chi connectivity index (χ1n) is 8.67. The van der Waals surface area contributed by atoms with E-state index in [0.29, 0.717) is 11.9 Å². The van der Waals surface area contributed by atoms with Gasteiger partial charge in [0.05, 0.1) is 0 Å². The van der Waals surface area contributed by atoms with Crippen LogP contribution in [0.1, 0.15) is 55.2 Å². The number of carbonyl (C=O) groups excluding carboxylic acids is 1. The van der Waals surface area contributed by atoms with Gasteiger partial charge in [0, 0.05) is 24.5 Å². The summed E-state index contributed by atoms with van der Waals surface area (Å²) in [5, 5.41) is 0. The predicted molar refractivity (Wildman–Crippen MR) is 89.4 cm³/mol. The molecule has 0 spiro atoms. The number of rotatable bonds is 4. The Labute approximate surface area is 133 Å². The van der Waals surface area contributed by atoms with Gasteiger partial charge in [0.25, 0.3) is 0 Å². The summed E-state index contributed by atoms with van der Waals surface area (Å²) in [6, 6.07) is 7.23. The molecule has 3 rings (SSSR count). The van der Waals surface area contributed by atoms with E-state index in [0.717, 1.165) is 45.1 Å². The van der Waals surface area contributed by atoms with Crippen molar-refractivity contribution in [3.8, 4) is 0 Å². The standard InChI is InChI=1S/C19H28N2O/c1-13-6-7-15(10-14(13)2)12-21(18-8-9-18)19(22)16-4-3-5-17(20)11-16/h6-7,10,16-18H,3-5,8-9,11-12,20H2,1-2H3. The highest BCUT2D eigenvalue weighted by atomic mass is 16.2. The fourth-order valence-corrected chi connectivity index (χ4v) is 3.56. The van der Waals surface area contributed by atoms with Gasteiger partial charge in [0.2, 0.25) is 5.91 Å². The van der Waals surface area contributed by atoms with Crippen molar-refractivity contribution in [2.24, 2.45) is 11.7 Å². The average Bonchev–Trinajstić information content (AvgIpc) is 3.32. The molecule has 3 nitrogen and oxygen atoms in total. The Balaban J connectivity index is 1.72. The zero-order chi connectivity index (χ0) is 15.7. The van der Waals surface area contributed by atoms with Crippen LogP contribution in [0.25, 0.3) is 0 Å². The molecule has 22 heavy (non-hydrogen) atoms. The molecule has 2 N–H and O–H groups in total. The van der Waals surface area contributed by atoms with Gasteiger partial charge >= 0.3 is 0 Å². The summed E-state index contributed by atoms with van der Waals surface area (Å²) in [6.07, 6.45) is 6.38. The van der Waals surface area contributed by atoms with Gasteiger partial charge in [-0.1, -0.05) is 24.6 Å². The topological polar surface area (TPSA) is 46.3 Å². The van der Waals surface area contributed by atoms with Crippen molar-refractivity contribution in [3.63, 3.8) is 0 Å². The minimum Gasteiger partial charge on any atom is -0.335 e. The SMILES string of the molecule is Cc1ccc(CN(C(=O)C2CCCC(N)C2)C2CC2)cc1C. The van der Waals surface area contributed by atoms with Crippen LogP contribution in [0.2, 0.25) is 0 Å². The van der Waals surface area contributed by atoms with E-state index in [-0.39, 0.29) is 12.0 Å². The number of nitrogens with zero attached hydrogens (tertiary/aromatic N) is 1. The molecule has 0 bridgehead atoms. The number of nitrogens with two attached hydrogens (primary N) is 1. The van der Waals surface area contributed by atoms with E-state index in [1.165, 1.54) is 16.7 Å². The highest BCUT2D eigenvalue weighted by molar-refractivity contribution is 5.79. The van der Waals surface area contributed by atoms with Gasteiger partial charge in [-0.15, -0.1) is 0 Å². The minimum absolute atomic E-state index is 0.149. The highest BCUT2D eigenvalue weighted by Gasteiger charge is 2.37. The predicted octanol–water partition coefficient (Wildman–Crippen LogP) is 3.31. The fourth-order valence-electron chi connectivity index (χ4n) is 3.56. The Hall–Kier alpha value is -1.35. The maximum atomic E-state index is 13.0. The fraction of sp³-hybridized carbons (Fsp3) is 0.632. The molecular weight excluding hydrogens is 272 g/mol. The molecule has 1 aromatic carbocycles. The van der Waals surface area contributed by atoms with Gasteiger partial charge in [-0.25, -0.2) is 0 Å². The third kappa shape index (κ3) is 3.52. The number of benzene rings is 1. The molecule has 0 aromatic heterocycles. The van der Waals surface area contributed by atoms with Crippen molar-refractivity contribution in [2.75, 3.05) is 0 Å². The molecule has 1 amide bonds. The van der Waals surface area contributed by atoms with Crippen LogP contribution in [-0.2, 0) is 11.3 Å². The quantitative estimate of drug-likeness (QED) is 0.927. The second-order valence-electron chi connectivity index (χ2n) is 7.24. The minimum atomic E-state index is 0.149. The third-order valence-electron chi connectivity index (χ3n) is 5.26. The maximum absolute atomic E-state index is 13.0. The van der Waals surface area contributed by atoms with Gasteiger partial charge in [-0.2, -0.15) is 0 Å². The summed E-state index contributed by atoms with van der Waals surface area (Å²) in [7, 11) is 0. The van der Waals surface area contributed by atoms with E-state index in [4.69, 9.17) is 5.73 Å². The van der Waals surface area contributed by atoms with Crippen molar-refractivity contribution >= 4 is 5.91 Å². The van der Waals surface area contributed by atoms with Crippen LogP contribution >= 0.6 is 0 Å². The van der Waals surface area contributed by atoms with E-state index >= 15 is 0 Å². The average molecular weight is 300 g/mol. The first-order chi connectivity index (χ1) is 10.5. The lowest BCUT2D eigenvalue weighted by atomic mass is 9.85. The Bertz CT molecular complexity index is 550. The lowest BCUT2D eigenvalue weighted by molar-refractivity contribution is -0.138. The monoisotopic (exact) mass is 300 g/mol. The smallest absolute Gasteiger partial charge is 0.226 e. The molecule has 120 valence electrons. The molecule has 2 aliphatic carbocycles. The summed E-state index contributed by atoms with van der Waals surface area (Å²) >= 11 is 0. The van der Waals surface area contributed by atoms with E-state index < -0.39 is 0 Å². The first kappa shape index (κ1) is 15.5. The van der Waals surface area contributed by atoms with Crippen LogP contribution in [0.5, 0.6) is 0 Å². The lowest BCUT2D eigenvalue weighted by Crippen LogP contribution is -2.41. The summed E-state index contributed by atoms with van der Waals surface area (Å²) in [6.45, 7) is 5.03. The maximum Gasteiger partial charge on any atom is 0.226 e. The Morgan fingerprint density at radius 2 is 1.95 bits per heavy atom. The van der Waals surface area contributed by atoms with Gasteiger partial charge in [-0.05, 0) is 62.6 Å². The molecule has 2 atom stereocenters. The molecule has 2 fully saturated rings. The molecular formula is C19H28N2O. The van der Waals surface area contributed by atoms with Crippen LogP contribution in [0.3, 0.4) is 0 Å². The Morgan fingerprint density at radius 1 is 1.18 bits per heavy atom. The van der Waals surface area contributed by atoms with E-state index in [1.54, 1.807) is 0 Å². The Kier molecular flexibility index (Phi) is 4.53. The molecule has 0 radical (unpaired) electrons. The molecule has 0 aliphatic heterocycles. The Morgan fingerprint density at radius 3 is 2.59 bits per heavy atom. The van der Waals surface area contributed by atoms with Crippen molar-refractivity contribution in [1.82, 2.24) is 4.90 Å². The highest BCUT2D eigenvalue weighted by Crippen LogP contribution is 2.33. The normalized spacial score (nSPS) is 25.0. The van der Waals surface area contributed by atoms with Crippen LogP contribution in [-0.4, -0.2) is 22.9 Å². The zero-order valence-electron chi connectivity index (χ0n) is 13.8. The number of carbonyl (C=O) groups is 1. The molecule has 2 saturated carbocycles. The number of amides is 1. The summed E-state index contributed by atoms with van der Waals surface area (Å²) < 4.78 is 0. The molecule has 2 aliphatic rings. The van der Waals surface area contributed by atoms with Gasteiger partial charge in [0.1, 0.15) is 0 Å². The van der Waals surface area contributed by atoms with Crippen molar-refractivity contribution in [2.45, 2.75) is 71.0 Å². The third-order valence-corrected chi connectivity index (χ3v) is 5.26. The molecule has 0 heterocycles. The van der Waals surface area contributed by atoms with E-state index in [2.05, 4.69) is 36.9 Å². The van der Waals surface area contributed by atoms with E-state index in [1.807, 2.05) is 0 Å². The van der Waals surface area contributed by atoms with E-state index in [9.17, 15) is 4.79 Å². The number of hydrogen-bond donors (Lipinski definition) is 1. The summed E-state index contributed by atoms with van der Waals surface area (Å²) in [5.41, 5.74) is 9.94. The second kappa shape index (κ2) is 6.41. The lowest BCUT2D eigenvalue weighted by Gasteiger charge is -2.31. The summed E-state index contributed by atoms with van der Waals surface area (Å²) in [5.74, 6) is 0.492. The van der Waals surface area contributed by atoms with Gasteiger partial charge < -0.3 is 10.6 Å². The molecule has 0 saturated heterocycles. The largest absolute Gasteiger partial charge is 0.335 e. The van der Waals surface area contributed by atoms with Gasteiger partial charge in [0.15, 0.2) is 0 Å². The number of aryl methyl sites for hydroxylation is 2. The molecule has 2 unspecified atom stereocenters. The van der Waals surface area contributed by atoms with Crippen LogP contribution in [0, 0.1) is 19.8 Å². The van der Waals surface area contributed by atoms with Crippen LogP contribution in [0.4, 0.5) is 0 Å². The van der Waals surface area contributed by atoms with Gasteiger partial charge in [-0.3, -0.25) is 4.79 Å². The van der Waals surface area contributed by atoms with Crippen molar-refractivity contribution in [3.05, 3.63) is 34.9 Å². The molecule has 3 heteroatoms.